The second-order valence-corrected chi connectivity index (χ2v) is 9.04. The average molecular weight is 496 g/mol. The van der Waals surface area contributed by atoms with Crippen LogP contribution in [-0.4, -0.2) is 0 Å². The molecule has 180 valence electrons. The molecule has 6 aromatic carbocycles. The Bertz CT molecular complexity index is 2080. The first kappa shape index (κ1) is 14.2. The second kappa shape index (κ2) is 9.21. The summed E-state index contributed by atoms with van der Waals surface area (Å²) in [5.74, 6) is 0. The Hall–Kier alpha value is -4.88. The summed E-state index contributed by atoms with van der Waals surface area (Å²) in [6.07, 6.45) is 0. The van der Waals surface area contributed by atoms with Gasteiger partial charge in [0.05, 0.1) is 19.1 Å². The molecule has 0 unspecified atom stereocenters. The fraction of sp³-hybridized carbons (Fsp3) is 0.0270. The summed E-state index contributed by atoms with van der Waals surface area (Å²) in [5.41, 5.74) is 5.13. The number of anilines is 3. The van der Waals surface area contributed by atoms with E-state index >= 15 is 0 Å². The van der Waals surface area contributed by atoms with Gasteiger partial charge in [0, 0.05) is 17.1 Å². The van der Waals surface area contributed by atoms with Crippen molar-refractivity contribution in [3.8, 4) is 11.1 Å². The summed E-state index contributed by atoms with van der Waals surface area (Å²) in [6, 6.07) is 27.8. The summed E-state index contributed by atoms with van der Waals surface area (Å²) in [5, 5.41) is 0. The molecule has 0 aliphatic heterocycles. The molecule has 0 spiro atoms. The zero-order valence-electron chi connectivity index (χ0n) is 30.3. The van der Waals surface area contributed by atoms with Crippen LogP contribution < -0.4 is 4.90 Å². The minimum Gasteiger partial charge on any atom is -0.311 e. The topological polar surface area (TPSA) is 3.24 Å². The Kier molecular flexibility index (Phi) is 3.43. The Morgan fingerprint density at radius 1 is 0.421 bits per heavy atom. The van der Waals surface area contributed by atoms with Crippen LogP contribution in [0, 0.1) is 0 Å². The lowest BCUT2D eigenvalue weighted by Gasteiger charge is -2.34. The maximum absolute atomic E-state index is 8.77. The van der Waals surface area contributed by atoms with Crippen LogP contribution in [0.1, 0.15) is 36.0 Å². The molecule has 0 atom stereocenters. The van der Waals surface area contributed by atoms with Gasteiger partial charge in [0.15, 0.2) is 0 Å². The maximum Gasteiger partial charge on any atom is 0.0713 e. The third-order valence-electron chi connectivity index (χ3n) is 7.14. The van der Waals surface area contributed by atoms with Crippen molar-refractivity contribution in [2.75, 3.05) is 4.90 Å². The van der Waals surface area contributed by atoms with Crippen LogP contribution in [0.15, 0.2) is 164 Å². The van der Waals surface area contributed by atoms with E-state index in [4.69, 9.17) is 13.7 Å². The Morgan fingerprint density at radius 2 is 0.868 bits per heavy atom. The van der Waals surface area contributed by atoms with Gasteiger partial charge in [-0.25, -0.2) is 0 Å². The normalized spacial score (nSPS) is 16.6. The molecule has 6 aromatic rings. The highest BCUT2D eigenvalue weighted by Crippen LogP contribution is 2.56. The second-order valence-electron chi connectivity index (χ2n) is 9.04. The van der Waals surface area contributed by atoms with E-state index in [1.54, 1.807) is 12.1 Å². The zero-order chi connectivity index (χ0) is 34.1. The van der Waals surface area contributed by atoms with Crippen LogP contribution in [0.4, 0.5) is 17.1 Å². The number of benzene rings is 6. The maximum atomic E-state index is 8.77. The van der Waals surface area contributed by atoms with Crippen molar-refractivity contribution < 1.29 is 13.7 Å². The van der Waals surface area contributed by atoms with Crippen molar-refractivity contribution in [3.05, 3.63) is 186 Å². The van der Waals surface area contributed by atoms with Gasteiger partial charge < -0.3 is 4.90 Å². The third kappa shape index (κ3) is 3.40. The zero-order valence-corrected chi connectivity index (χ0v) is 20.3. The van der Waals surface area contributed by atoms with Gasteiger partial charge in [0.25, 0.3) is 0 Å². The molecular formula is C37H27N. The van der Waals surface area contributed by atoms with Gasteiger partial charge in [0.1, 0.15) is 0 Å². The first-order valence-corrected chi connectivity index (χ1v) is 12.3. The first-order valence-electron chi connectivity index (χ1n) is 17.3. The van der Waals surface area contributed by atoms with Crippen LogP contribution in [0.5, 0.6) is 0 Å². The quantitative estimate of drug-likeness (QED) is 0.230. The van der Waals surface area contributed by atoms with E-state index in [0.29, 0.717) is 0 Å². The number of hydrogen-bond acceptors (Lipinski definition) is 1. The smallest absolute Gasteiger partial charge is 0.0713 e. The lowest BCUT2D eigenvalue weighted by molar-refractivity contribution is 0.768. The number of rotatable bonds is 5. The minimum absolute atomic E-state index is 0.249. The highest BCUT2D eigenvalue weighted by atomic mass is 15.1. The van der Waals surface area contributed by atoms with E-state index in [2.05, 4.69) is 36.4 Å². The largest absolute Gasteiger partial charge is 0.311 e. The molecule has 0 aromatic heterocycles. The third-order valence-corrected chi connectivity index (χ3v) is 7.14. The van der Waals surface area contributed by atoms with Gasteiger partial charge in [-0.2, -0.15) is 0 Å². The number of fused-ring (bicyclic) bond motifs is 3. The molecule has 38 heavy (non-hydrogen) atoms. The van der Waals surface area contributed by atoms with Gasteiger partial charge in [-0.15, -0.1) is 0 Å². The molecule has 1 heteroatoms. The predicted octanol–water partition coefficient (Wildman–Crippen LogP) is 9.52. The van der Waals surface area contributed by atoms with E-state index in [1.807, 2.05) is 54.6 Å². The minimum atomic E-state index is -0.731. The molecule has 0 bridgehead atoms. The lowest BCUT2D eigenvalue weighted by atomic mass is 9.68. The molecule has 0 saturated heterocycles. The Morgan fingerprint density at radius 3 is 1.39 bits per heavy atom. The molecule has 0 fully saturated rings. The van der Waals surface area contributed by atoms with E-state index in [0.717, 1.165) is 33.4 Å². The van der Waals surface area contributed by atoms with Gasteiger partial charge in [-0.3, -0.25) is 0 Å². The van der Waals surface area contributed by atoms with Gasteiger partial charge in [-0.05, 0) is 69.7 Å². The van der Waals surface area contributed by atoms with Gasteiger partial charge in [0.2, 0.25) is 0 Å². The van der Waals surface area contributed by atoms with Crippen LogP contribution in [0.2, 0.25) is 0 Å². The summed E-state index contributed by atoms with van der Waals surface area (Å²) in [6.45, 7) is 0. The Labute approximate surface area is 238 Å². The highest BCUT2D eigenvalue weighted by Gasteiger charge is 2.45. The van der Waals surface area contributed by atoms with Crippen molar-refractivity contribution in [1.29, 1.82) is 0 Å². The molecule has 1 aliphatic rings. The molecule has 0 N–H and O–H groups in total. The van der Waals surface area contributed by atoms with Crippen molar-refractivity contribution in [1.82, 2.24) is 0 Å². The molecule has 0 amide bonds. The number of nitrogens with zero attached hydrogens (tertiary/aromatic N) is 1. The SMILES string of the molecule is [2H]c1c([2H])c([2H])c(N(c2ccc(C3(c4ccccc4)c4ccccc4-c4ccccc43)cc2)c2c([2H])c([2H])c([2H])c([2H])c2[2H])c([2H])c1[2H]. The van der Waals surface area contributed by atoms with Crippen molar-refractivity contribution in [2.45, 2.75) is 5.41 Å². The molecule has 0 radical (unpaired) electrons. The van der Waals surface area contributed by atoms with Crippen LogP contribution in [0.3, 0.4) is 0 Å². The first-order chi connectivity index (χ1) is 23.0. The molecular weight excluding hydrogens is 458 g/mol. The summed E-state index contributed by atoms with van der Waals surface area (Å²) < 4.78 is 84.8. The molecule has 1 aliphatic carbocycles. The van der Waals surface area contributed by atoms with E-state index in [-0.39, 0.29) is 17.1 Å². The van der Waals surface area contributed by atoms with Gasteiger partial charge >= 0.3 is 0 Å². The predicted molar refractivity (Wildman–Crippen MR) is 158 cm³/mol. The standard InChI is InChI=1S/C37H27N/c1-4-14-28(15-5-1)37(35-22-12-10-20-33(35)34-21-11-13-23-36(34)37)29-24-26-32(27-25-29)38(30-16-6-2-7-17-30)31-18-8-3-9-19-31/h1-27H/i2D,3D,6D,7D,8D,9D,16D,17D,18D,19D. The average Bonchev–Trinajstić information content (AvgIpc) is 3.42. The molecule has 0 saturated carbocycles. The number of hydrogen-bond donors (Lipinski definition) is 0. The fourth-order valence-electron chi connectivity index (χ4n) is 5.65. The van der Waals surface area contributed by atoms with E-state index in [1.165, 1.54) is 4.90 Å². The van der Waals surface area contributed by atoms with E-state index in [9.17, 15) is 0 Å². The van der Waals surface area contributed by atoms with Gasteiger partial charge in [-0.1, -0.05) is 127 Å². The number of para-hydroxylation sites is 2. The van der Waals surface area contributed by atoms with Crippen LogP contribution in [-0.2, 0) is 5.41 Å². The molecule has 1 nitrogen and oxygen atoms in total. The van der Waals surface area contributed by atoms with Crippen LogP contribution in [0.25, 0.3) is 11.1 Å². The summed E-state index contributed by atoms with van der Waals surface area (Å²) in [7, 11) is 0. The van der Waals surface area contributed by atoms with Crippen molar-refractivity contribution in [3.63, 3.8) is 0 Å². The van der Waals surface area contributed by atoms with Crippen molar-refractivity contribution >= 4 is 17.1 Å². The molecule has 7 rings (SSSR count). The van der Waals surface area contributed by atoms with Crippen LogP contribution >= 0.6 is 0 Å². The molecule has 0 heterocycles. The fourth-order valence-corrected chi connectivity index (χ4v) is 5.65. The monoisotopic (exact) mass is 495 g/mol. The summed E-state index contributed by atoms with van der Waals surface area (Å²) in [4.78, 5) is 1.18. The Balaban J connectivity index is 1.53. The van der Waals surface area contributed by atoms with E-state index < -0.39 is 65.8 Å². The highest BCUT2D eigenvalue weighted by molar-refractivity contribution is 5.86. The van der Waals surface area contributed by atoms with Crippen molar-refractivity contribution in [2.24, 2.45) is 0 Å². The lowest BCUT2D eigenvalue weighted by Crippen LogP contribution is -2.28. The summed E-state index contributed by atoms with van der Waals surface area (Å²) >= 11 is 0.